The molecule has 0 amide bonds. The van der Waals surface area contributed by atoms with E-state index < -0.39 is 11.8 Å². The van der Waals surface area contributed by atoms with Crippen LogP contribution < -0.4 is 0 Å². The summed E-state index contributed by atoms with van der Waals surface area (Å²) in [6, 6.07) is -0.549. The smallest absolute Gasteiger partial charge is 0.222 e. The normalized spacial score (nSPS) is 26.9. The van der Waals surface area contributed by atoms with Crippen LogP contribution in [-0.4, -0.2) is 150 Å². The zero-order valence-corrected chi connectivity index (χ0v) is 21.2. The molecule has 0 bridgehead atoms. The molecular formula is C24H42N6O6. The van der Waals surface area contributed by atoms with Crippen molar-refractivity contribution < 1.29 is 30.8 Å². The Bertz CT molecular complexity index is 726. The Hall–Kier alpha value is -1.84. The number of hydroxylamine groups is 4. The summed E-state index contributed by atoms with van der Waals surface area (Å²) in [5, 5.41) is 64.4. The van der Waals surface area contributed by atoms with E-state index in [4.69, 9.17) is 0 Å². The molecule has 0 aromatic carbocycles. The maximum Gasteiger partial charge on any atom is 0.222 e. The summed E-state index contributed by atoms with van der Waals surface area (Å²) in [4.78, 5) is 7.32. The van der Waals surface area contributed by atoms with Gasteiger partial charge in [-0.1, -0.05) is 24.3 Å². The fourth-order valence-electron chi connectivity index (χ4n) is 4.58. The molecule has 0 unspecified atom stereocenters. The van der Waals surface area contributed by atoms with Crippen molar-refractivity contribution in [1.29, 1.82) is 0 Å². The van der Waals surface area contributed by atoms with E-state index in [0.717, 1.165) is 10.1 Å². The first-order valence-electron chi connectivity index (χ1n) is 12.4. The van der Waals surface area contributed by atoms with Crippen LogP contribution in [0.1, 0.15) is 13.8 Å². The predicted molar refractivity (Wildman–Crippen MR) is 133 cm³/mol. The van der Waals surface area contributed by atoms with E-state index in [1.165, 1.54) is 13.8 Å². The van der Waals surface area contributed by atoms with Gasteiger partial charge in [0.15, 0.2) is 0 Å². The second-order valence-electron chi connectivity index (χ2n) is 9.86. The van der Waals surface area contributed by atoms with E-state index in [0.29, 0.717) is 65.4 Å². The van der Waals surface area contributed by atoms with Crippen molar-refractivity contribution in [3.63, 3.8) is 0 Å². The van der Waals surface area contributed by atoms with Gasteiger partial charge >= 0.3 is 0 Å². The minimum atomic E-state index is -2.02. The van der Waals surface area contributed by atoms with Crippen molar-refractivity contribution in [3.05, 3.63) is 48.9 Å². The first-order valence-corrected chi connectivity index (χ1v) is 12.4. The summed E-state index contributed by atoms with van der Waals surface area (Å²) < 4.78 is 0. The summed E-state index contributed by atoms with van der Waals surface area (Å²) in [7, 11) is 0. The number of allylic oxidation sites excluding steroid dienone is 4. The van der Waals surface area contributed by atoms with Gasteiger partial charge in [-0.15, -0.1) is 0 Å². The zero-order chi connectivity index (χ0) is 26.3. The number of aliphatic hydroxyl groups is 4. The zero-order valence-electron chi connectivity index (χ0n) is 21.2. The summed E-state index contributed by atoms with van der Waals surface area (Å²) >= 11 is 0. The van der Waals surface area contributed by atoms with Crippen LogP contribution in [0.15, 0.2) is 48.9 Å². The van der Waals surface area contributed by atoms with Crippen molar-refractivity contribution in [2.24, 2.45) is 0 Å². The summed E-state index contributed by atoms with van der Waals surface area (Å²) in [5.74, 6) is -4.04. The third-order valence-corrected chi connectivity index (χ3v) is 6.88. The van der Waals surface area contributed by atoms with Crippen LogP contribution in [0, 0.1) is 0 Å². The molecule has 0 aliphatic carbocycles. The van der Waals surface area contributed by atoms with Gasteiger partial charge in [0, 0.05) is 91.7 Å². The summed E-state index contributed by atoms with van der Waals surface area (Å²) in [6.07, 6.45) is 14.1. The molecule has 3 aliphatic heterocycles. The molecule has 12 heteroatoms. The van der Waals surface area contributed by atoms with Gasteiger partial charge in [0.1, 0.15) is 0 Å². The molecule has 1 fully saturated rings. The van der Waals surface area contributed by atoms with Crippen LogP contribution in [0.2, 0.25) is 0 Å². The maximum absolute atomic E-state index is 10.4. The van der Waals surface area contributed by atoms with Crippen molar-refractivity contribution >= 4 is 0 Å². The monoisotopic (exact) mass is 510 g/mol. The minimum Gasteiger partial charge on any atom is -0.353 e. The lowest BCUT2D eigenvalue weighted by atomic mass is 10.2. The van der Waals surface area contributed by atoms with E-state index in [9.17, 15) is 30.8 Å². The molecule has 12 nitrogen and oxygen atoms in total. The molecule has 3 heterocycles. The van der Waals surface area contributed by atoms with Gasteiger partial charge in [-0.3, -0.25) is 40.1 Å². The predicted octanol–water partition coefficient (Wildman–Crippen LogP) is -1.19. The molecule has 0 saturated carbocycles. The Morgan fingerprint density at radius 2 is 0.917 bits per heavy atom. The van der Waals surface area contributed by atoms with Gasteiger partial charge in [-0.05, 0) is 12.2 Å². The van der Waals surface area contributed by atoms with Crippen molar-refractivity contribution in [2.45, 2.75) is 37.8 Å². The van der Waals surface area contributed by atoms with E-state index in [-0.39, 0.29) is 12.1 Å². The summed E-state index contributed by atoms with van der Waals surface area (Å²) in [5.41, 5.74) is 0. The molecule has 3 rings (SSSR count). The molecule has 0 aromatic heterocycles. The van der Waals surface area contributed by atoms with Crippen LogP contribution in [-0.2, 0) is 0 Å². The Morgan fingerprint density at radius 3 is 1.19 bits per heavy atom. The Labute approximate surface area is 213 Å². The lowest BCUT2D eigenvalue weighted by molar-refractivity contribution is -0.256. The highest BCUT2D eigenvalue weighted by Gasteiger charge is 2.31. The lowest BCUT2D eigenvalue weighted by Gasteiger charge is -2.41. The van der Waals surface area contributed by atoms with Gasteiger partial charge < -0.3 is 20.4 Å². The van der Waals surface area contributed by atoms with Crippen LogP contribution in [0.4, 0.5) is 0 Å². The first kappa shape index (κ1) is 28.7. The second kappa shape index (κ2) is 12.6. The average Bonchev–Trinajstić information content (AvgIpc) is 2.78. The van der Waals surface area contributed by atoms with E-state index in [2.05, 4.69) is 9.80 Å². The molecule has 204 valence electrons. The molecule has 0 aromatic rings. The third kappa shape index (κ3) is 8.63. The Kier molecular flexibility index (Phi) is 10.1. The van der Waals surface area contributed by atoms with Gasteiger partial charge in [-0.2, -0.15) is 0 Å². The van der Waals surface area contributed by atoms with Crippen LogP contribution in [0.5, 0.6) is 0 Å². The fourth-order valence-corrected chi connectivity index (χ4v) is 4.58. The Morgan fingerprint density at radius 1 is 0.583 bits per heavy atom. The molecule has 6 N–H and O–H groups in total. The lowest BCUT2D eigenvalue weighted by Crippen LogP contribution is -2.57. The third-order valence-electron chi connectivity index (χ3n) is 6.88. The highest BCUT2D eigenvalue weighted by molar-refractivity contribution is 5.12. The number of rotatable bonds is 6. The molecule has 1 saturated heterocycles. The van der Waals surface area contributed by atoms with Crippen LogP contribution in [0.25, 0.3) is 0 Å². The number of hydrogen-bond acceptors (Lipinski definition) is 12. The molecule has 2 atom stereocenters. The highest BCUT2D eigenvalue weighted by Crippen LogP contribution is 2.15. The van der Waals surface area contributed by atoms with Gasteiger partial charge in [0.25, 0.3) is 0 Å². The molecule has 0 radical (unpaired) electrons. The number of hydrogen-bond donors (Lipinski definition) is 6. The van der Waals surface area contributed by atoms with Crippen LogP contribution >= 0.6 is 0 Å². The van der Waals surface area contributed by atoms with Gasteiger partial charge in [-0.25, -0.2) is 0 Å². The van der Waals surface area contributed by atoms with Gasteiger partial charge in [0.2, 0.25) is 11.8 Å². The molecular weight excluding hydrogens is 468 g/mol. The number of nitrogens with zero attached hydrogens (tertiary/aromatic N) is 6. The van der Waals surface area contributed by atoms with Gasteiger partial charge in [0.05, 0.1) is 12.1 Å². The van der Waals surface area contributed by atoms with E-state index in [1.807, 2.05) is 24.3 Å². The van der Waals surface area contributed by atoms with Crippen molar-refractivity contribution in [1.82, 2.24) is 29.7 Å². The first-order chi connectivity index (χ1) is 16.9. The second-order valence-corrected chi connectivity index (χ2v) is 9.86. The largest absolute Gasteiger partial charge is 0.353 e. The SMILES string of the molecule is CC(O)(O)N1CCN(C[C@@H]2C=CC=CN2O)CCN(C(C)(O)O)CCN(C[C@@H]2C=CC=CN2O)CC1. The van der Waals surface area contributed by atoms with Crippen molar-refractivity contribution in [2.75, 3.05) is 65.4 Å². The highest BCUT2D eigenvalue weighted by atomic mass is 16.5. The Balaban J connectivity index is 1.76. The quantitative estimate of drug-likeness (QED) is 0.239. The maximum atomic E-state index is 10.4. The minimum absolute atomic E-state index is 0.274. The van der Waals surface area contributed by atoms with E-state index in [1.54, 1.807) is 34.4 Å². The molecule has 0 spiro atoms. The molecule has 3 aliphatic rings. The molecule has 36 heavy (non-hydrogen) atoms. The van der Waals surface area contributed by atoms with Crippen molar-refractivity contribution in [3.8, 4) is 0 Å². The average molecular weight is 511 g/mol. The van der Waals surface area contributed by atoms with E-state index >= 15 is 0 Å². The fraction of sp³-hybridized carbons (Fsp3) is 0.667. The topological polar surface area (TPSA) is 141 Å². The standard InChI is InChI=1S/C24H42N6O6/c1-23(31,32)27-15-11-25(19-21-7-3-5-9-29(21)35)13-17-28(24(2,33)34)18-14-26(12-16-27)20-22-8-4-6-10-30(22)36/h3-10,21-22,31-36H,11-20H2,1-2H3/t21-,22-/m0/s1. The van der Waals surface area contributed by atoms with Crippen LogP contribution in [0.3, 0.4) is 0 Å². The summed E-state index contributed by atoms with van der Waals surface area (Å²) in [6.45, 7) is 6.92.